The summed E-state index contributed by atoms with van der Waals surface area (Å²) in [5.74, 6) is -0.0375. The van der Waals surface area contributed by atoms with Crippen LogP contribution in [0, 0.1) is 0 Å². The Bertz CT molecular complexity index is 355. The summed E-state index contributed by atoms with van der Waals surface area (Å²) in [6.45, 7) is -0.980. The highest BCUT2D eigenvalue weighted by Gasteiger charge is 2.11. The van der Waals surface area contributed by atoms with Crippen LogP contribution in [-0.2, 0) is 11.2 Å². The largest absolute Gasteiger partial charge is 0.461 e. The van der Waals surface area contributed by atoms with E-state index in [9.17, 15) is 9.18 Å². The molecule has 1 aromatic carbocycles. The third-order valence-corrected chi connectivity index (χ3v) is 2.38. The van der Waals surface area contributed by atoms with E-state index in [0.717, 1.165) is 0 Å². The standard InChI is InChI=1S/C10H9Cl2FO2/c11-5-8(14)4-7-2-1-3-9(12)10(7)15-6-13/h1-3H,4-6H2. The molecule has 1 aromatic rings. The summed E-state index contributed by atoms with van der Waals surface area (Å²) in [4.78, 5) is 11.1. The molecule has 82 valence electrons. The Labute approximate surface area is 96.9 Å². The van der Waals surface area contributed by atoms with Crippen molar-refractivity contribution in [2.75, 3.05) is 12.7 Å². The first kappa shape index (κ1) is 12.3. The molecule has 0 spiro atoms. The van der Waals surface area contributed by atoms with Crippen molar-refractivity contribution >= 4 is 29.0 Å². The third-order valence-electron chi connectivity index (χ3n) is 1.78. The fourth-order valence-electron chi connectivity index (χ4n) is 1.17. The molecule has 0 atom stereocenters. The molecule has 0 radical (unpaired) electrons. The van der Waals surface area contributed by atoms with Crippen LogP contribution >= 0.6 is 23.2 Å². The Hall–Kier alpha value is -0.800. The number of hydrogen-bond acceptors (Lipinski definition) is 2. The van der Waals surface area contributed by atoms with Crippen molar-refractivity contribution in [1.29, 1.82) is 0 Å². The van der Waals surface area contributed by atoms with Crippen LogP contribution in [-0.4, -0.2) is 18.5 Å². The molecule has 0 aliphatic heterocycles. The average Bonchev–Trinajstić information content (AvgIpc) is 2.23. The first-order valence-electron chi connectivity index (χ1n) is 4.23. The van der Waals surface area contributed by atoms with Crippen LogP contribution in [0.2, 0.25) is 5.02 Å². The molecular formula is C10H9Cl2FO2. The number of ether oxygens (including phenoxy) is 1. The number of rotatable bonds is 5. The Morgan fingerprint density at radius 3 is 2.80 bits per heavy atom. The van der Waals surface area contributed by atoms with Gasteiger partial charge in [0, 0.05) is 12.0 Å². The monoisotopic (exact) mass is 250 g/mol. The van der Waals surface area contributed by atoms with E-state index in [-0.39, 0.29) is 28.9 Å². The van der Waals surface area contributed by atoms with Crippen molar-refractivity contribution in [3.63, 3.8) is 0 Å². The van der Waals surface area contributed by atoms with E-state index in [1.807, 2.05) is 0 Å². The molecule has 0 amide bonds. The second kappa shape index (κ2) is 5.93. The molecule has 0 saturated carbocycles. The summed E-state index contributed by atoms with van der Waals surface area (Å²) in [6.07, 6.45) is 0.0966. The number of carbonyl (C=O) groups is 1. The maximum Gasteiger partial charge on any atom is 0.228 e. The summed E-state index contributed by atoms with van der Waals surface area (Å²) in [5, 5.41) is 0.285. The van der Waals surface area contributed by atoms with Crippen molar-refractivity contribution < 1.29 is 13.9 Å². The molecule has 1 rings (SSSR count). The van der Waals surface area contributed by atoms with Gasteiger partial charge >= 0.3 is 0 Å². The molecular weight excluding hydrogens is 242 g/mol. The van der Waals surface area contributed by atoms with Gasteiger partial charge in [-0.05, 0) is 6.07 Å². The predicted molar refractivity (Wildman–Crippen MR) is 57.5 cm³/mol. The van der Waals surface area contributed by atoms with Gasteiger partial charge in [0.15, 0.2) is 5.78 Å². The number of halogens is 3. The lowest BCUT2D eigenvalue weighted by atomic mass is 10.1. The van der Waals surface area contributed by atoms with Gasteiger partial charge in [0.2, 0.25) is 6.86 Å². The van der Waals surface area contributed by atoms with Crippen molar-refractivity contribution in [2.24, 2.45) is 0 Å². The van der Waals surface area contributed by atoms with Gasteiger partial charge in [-0.2, -0.15) is 0 Å². The lowest BCUT2D eigenvalue weighted by Crippen LogP contribution is -2.06. The van der Waals surface area contributed by atoms with Crippen LogP contribution < -0.4 is 4.74 Å². The lowest BCUT2D eigenvalue weighted by molar-refractivity contribution is -0.116. The van der Waals surface area contributed by atoms with Gasteiger partial charge in [0.05, 0.1) is 10.9 Å². The minimum Gasteiger partial charge on any atom is -0.461 e. The zero-order valence-electron chi connectivity index (χ0n) is 7.80. The number of alkyl halides is 2. The van der Waals surface area contributed by atoms with Gasteiger partial charge in [0.1, 0.15) is 5.75 Å². The summed E-state index contributed by atoms with van der Waals surface area (Å²) >= 11 is 11.2. The van der Waals surface area contributed by atoms with Crippen molar-refractivity contribution in [1.82, 2.24) is 0 Å². The first-order valence-corrected chi connectivity index (χ1v) is 5.14. The van der Waals surface area contributed by atoms with Gasteiger partial charge in [-0.25, -0.2) is 4.39 Å². The van der Waals surface area contributed by atoms with Crippen LogP contribution in [0.5, 0.6) is 5.75 Å². The zero-order chi connectivity index (χ0) is 11.3. The van der Waals surface area contributed by atoms with Gasteiger partial charge in [-0.15, -0.1) is 11.6 Å². The number of hydrogen-bond donors (Lipinski definition) is 0. The smallest absolute Gasteiger partial charge is 0.228 e. The molecule has 0 aliphatic carbocycles. The number of para-hydroxylation sites is 1. The highest BCUT2D eigenvalue weighted by molar-refractivity contribution is 6.32. The number of carbonyl (C=O) groups excluding carboxylic acids is 1. The molecule has 0 fully saturated rings. The summed E-state index contributed by atoms with van der Waals surface area (Å²) in [6, 6.07) is 4.90. The summed E-state index contributed by atoms with van der Waals surface area (Å²) in [7, 11) is 0. The molecule has 0 heterocycles. The zero-order valence-corrected chi connectivity index (χ0v) is 9.32. The average molecular weight is 251 g/mol. The van der Waals surface area contributed by atoms with Crippen LogP contribution in [0.15, 0.2) is 18.2 Å². The quantitative estimate of drug-likeness (QED) is 0.752. The Morgan fingerprint density at radius 2 is 2.20 bits per heavy atom. The third kappa shape index (κ3) is 3.36. The van der Waals surface area contributed by atoms with Gasteiger partial charge in [-0.1, -0.05) is 23.7 Å². The van der Waals surface area contributed by atoms with Gasteiger partial charge in [0.25, 0.3) is 0 Å². The molecule has 0 aromatic heterocycles. The minimum atomic E-state index is -0.980. The molecule has 0 bridgehead atoms. The normalized spacial score (nSPS) is 10.1. The SMILES string of the molecule is O=C(CCl)Cc1cccc(Cl)c1OCF. The van der Waals surface area contributed by atoms with Gasteiger partial charge < -0.3 is 4.74 Å². The summed E-state index contributed by atoms with van der Waals surface area (Å²) < 4.78 is 16.8. The predicted octanol–water partition coefficient (Wildman–Crippen LogP) is 3.00. The van der Waals surface area contributed by atoms with Crippen LogP contribution in [0.4, 0.5) is 4.39 Å². The highest BCUT2D eigenvalue weighted by atomic mass is 35.5. The van der Waals surface area contributed by atoms with E-state index in [2.05, 4.69) is 0 Å². The fourth-order valence-corrected chi connectivity index (χ4v) is 1.51. The van der Waals surface area contributed by atoms with E-state index >= 15 is 0 Å². The van der Waals surface area contributed by atoms with Crippen molar-refractivity contribution in [2.45, 2.75) is 6.42 Å². The lowest BCUT2D eigenvalue weighted by Gasteiger charge is -2.09. The van der Waals surface area contributed by atoms with Crippen LogP contribution in [0.25, 0.3) is 0 Å². The van der Waals surface area contributed by atoms with E-state index in [4.69, 9.17) is 27.9 Å². The molecule has 0 aliphatic rings. The second-order valence-corrected chi connectivity index (χ2v) is 3.51. The number of Topliss-reactive ketones (excluding diaryl/α,β-unsaturated/α-hetero) is 1. The molecule has 0 saturated heterocycles. The fraction of sp³-hybridized carbons (Fsp3) is 0.300. The van der Waals surface area contributed by atoms with Crippen molar-refractivity contribution in [3.05, 3.63) is 28.8 Å². The van der Waals surface area contributed by atoms with E-state index < -0.39 is 6.86 Å². The topological polar surface area (TPSA) is 26.3 Å². The number of benzene rings is 1. The minimum absolute atomic E-state index is 0.0818. The highest BCUT2D eigenvalue weighted by Crippen LogP contribution is 2.29. The van der Waals surface area contributed by atoms with Gasteiger partial charge in [-0.3, -0.25) is 4.79 Å². The molecule has 0 N–H and O–H groups in total. The Kier molecular flexibility index (Phi) is 4.85. The van der Waals surface area contributed by atoms with E-state index in [1.165, 1.54) is 0 Å². The Balaban J connectivity index is 2.94. The van der Waals surface area contributed by atoms with Crippen LogP contribution in [0.3, 0.4) is 0 Å². The molecule has 0 unspecified atom stereocenters. The van der Waals surface area contributed by atoms with E-state index in [0.29, 0.717) is 5.56 Å². The molecule has 15 heavy (non-hydrogen) atoms. The van der Waals surface area contributed by atoms with Crippen LogP contribution in [0.1, 0.15) is 5.56 Å². The van der Waals surface area contributed by atoms with Crippen molar-refractivity contribution in [3.8, 4) is 5.75 Å². The Morgan fingerprint density at radius 1 is 1.47 bits per heavy atom. The maximum absolute atomic E-state index is 12.1. The molecule has 5 heteroatoms. The second-order valence-electron chi connectivity index (χ2n) is 2.83. The summed E-state index contributed by atoms with van der Waals surface area (Å²) in [5.41, 5.74) is 0.547. The number of ketones is 1. The van der Waals surface area contributed by atoms with E-state index in [1.54, 1.807) is 18.2 Å². The first-order chi connectivity index (χ1) is 7.19. The molecule has 2 nitrogen and oxygen atoms in total. The maximum atomic E-state index is 12.1.